The standard InChI is InChI=1S/C17H19N5O2/c1-21-9-14(19-10-21)17(24)20-13-7-15(23)22(12-4-5-12)16(13)11-3-2-6-18-8-11/h2-3,6,8-10,12-13,16H,4-5,7H2,1H3,(H,20,24)/t13-,16+/m1/s1. The van der Waals surface area contributed by atoms with Gasteiger partial charge in [-0.25, -0.2) is 4.98 Å². The monoisotopic (exact) mass is 325 g/mol. The van der Waals surface area contributed by atoms with E-state index in [1.165, 1.54) is 0 Å². The Labute approximate surface area is 139 Å². The summed E-state index contributed by atoms with van der Waals surface area (Å²) in [6.45, 7) is 0. The van der Waals surface area contributed by atoms with E-state index >= 15 is 0 Å². The summed E-state index contributed by atoms with van der Waals surface area (Å²) in [4.78, 5) is 35.2. The van der Waals surface area contributed by atoms with Crippen molar-refractivity contribution in [1.82, 2.24) is 24.8 Å². The maximum atomic E-state index is 12.5. The summed E-state index contributed by atoms with van der Waals surface area (Å²) >= 11 is 0. The molecule has 1 saturated carbocycles. The predicted octanol–water partition coefficient (Wildman–Crippen LogP) is 1.05. The molecule has 1 aliphatic heterocycles. The number of hydrogen-bond donors (Lipinski definition) is 1. The van der Waals surface area contributed by atoms with E-state index < -0.39 is 0 Å². The van der Waals surface area contributed by atoms with Gasteiger partial charge in [0.25, 0.3) is 5.91 Å². The van der Waals surface area contributed by atoms with Gasteiger partial charge in [-0.2, -0.15) is 0 Å². The maximum absolute atomic E-state index is 12.5. The number of aryl methyl sites for hydroxylation is 1. The number of likely N-dealkylation sites (tertiary alicyclic amines) is 1. The lowest BCUT2D eigenvalue weighted by Gasteiger charge is -2.28. The largest absolute Gasteiger partial charge is 0.345 e. The summed E-state index contributed by atoms with van der Waals surface area (Å²) < 4.78 is 1.73. The minimum Gasteiger partial charge on any atom is -0.345 e. The fraction of sp³-hybridized carbons (Fsp3) is 0.412. The fourth-order valence-corrected chi connectivity index (χ4v) is 3.38. The first-order valence-corrected chi connectivity index (χ1v) is 8.13. The number of rotatable bonds is 4. The molecule has 2 fully saturated rings. The Balaban J connectivity index is 1.60. The number of nitrogens with zero attached hydrogens (tertiary/aromatic N) is 4. The van der Waals surface area contributed by atoms with E-state index in [1.807, 2.05) is 24.1 Å². The molecule has 2 amide bonds. The zero-order chi connectivity index (χ0) is 16.7. The number of imidazole rings is 1. The van der Waals surface area contributed by atoms with Crippen molar-refractivity contribution in [3.63, 3.8) is 0 Å². The van der Waals surface area contributed by atoms with Gasteiger partial charge >= 0.3 is 0 Å². The first-order valence-electron chi connectivity index (χ1n) is 8.13. The molecule has 2 atom stereocenters. The van der Waals surface area contributed by atoms with Gasteiger partial charge in [0.15, 0.2) is 0 Å². The number of pyridine rings is 1. The van der Waals surface area contributed by atoms with Crippen molar-refractivity contribution in [3.05, 3.63) is 48.3 Å². The molecule has 2 aliphatic rings. The first kappa shape index (κ1) is 14.9. The molecule has 0 bridgehead atoms. The van der Waals surface area contributed by atoms with E-state index in [1.54, 1.807) is 29.5 Å². The Kier molecular flexibility index (Phi) is 3.55. The number of carbonyl (C=O) groups excluding carboxylic acids is 2. The van der Waals surface area contributed by atoms with Crippen LogP contribution in [-0.2, 0) is 11.8 Å². The second-order valence-corrected chi connectivity index (χ2v) is 6.47. The van der Waals surface area contributed by atoms with Crippen LogP contribution in [-0.4, -0.2) is 43.3 Å². The van der Waals surface area contributed by atoms with Crippen LogP contribution in [0.5, 0.6) is 0 Å². The van der Waals surface area contributed by atoms with E-state index in [0.717, 1.165) is 18.4 Å². The Morgan fingerprint density at radius 1 is 1.38 bits per heavy atom. The molecule has 2 aromatic heterocycles. The molecule has 3 heterocycles. The topological polar surface area (TPSA) is 80.1 Å². The van der Waals surface area contributed by atoms with E-state index in [0.29, 0.717) is 18.2 Å². The molecule has 1 aliphatic carbocycles. The minimum atomic E-state index is -0.267. The van der Waals surface area contributed by atoms with E-state index in [2.05, 4.69) is 15.3 Å². The normalized spacial score (nSPS) is 23.5. The number of amides is 2. The Morgan fingerprint density at radius 2 is 2.21 bits per heavy atom. The highest BCUT2D eigenvalue weighted by molar-refractivity contribution is 5.93. The van der Waals surface area contributed by atoms with Crippen LogP contribution in [0.2, 0.25) is 0 Å². The number of aromatic nitrogens is 3. The molecular weight excluding hydrogens is 306 g/mol. The Bertz CT molecular complexity index is 768. The molecule has 0 radical (unpaired) electrons. The van der Waals surface area contributed by atoms with Gasteiger partial charge < -0.3 is 14.8 Å². The summed E-state index contributed by atoms with van der Waals surface area (Å²) in [5, 5.41) is 3.00. The molecule has 4 rings (SSSR count). The lowest BCUT2D eigenvalue weighted by Crippen LogP contribution is -2.40. The number of hydrogen-bond acceptors (Lipinski definition) is 4. The Hall–Kier alpha value is -2.70. The van der Waals surface area contributed by atoms with Crippen LogP contribution in [0.25, 0.3) is 0 Å². The quantitative estimate of drug-likeness (QED) is 0.911. The smallest absolute Gasteiger partial charge is 0.271 e. The van der Waals surface area contributed by atoms with Crippen molar-refractivity contribution in [1.29, 1.82) is 0 Å². The molecule has 1 saturated heterocycles. The third-order valence-corrected chi connectivity index (χ3v) is 4.58. The third-order valence-electron chi connectivity index (χ3n) is 4.58. The summed E-state index contributed by atoms with van der Waals surface area (Å²) in [7, 11) is 1.82. The average Bonchev–Trinajstić information content (AvgIpc) is 3.23. The van der Waals surface area contributed by atoms with Crippen LogP contribution in [0.4, 0.5) is 0 Å². The van der Waals surface area contributed by atoms with Gasteiger partial charge in [0, 0.05) is 38.1 Å². The number of nitrogens with one attached hydrogen (secondary N) is 1. The van der Waals surface area contributed by atoms with Crippen molar-refractivity contribution < 1.29 is 9.59 Å². The molecule has 124 valence electrons. The van der Waals surface area contributed by atoms with Gasteiger partial charge in [-0.15, -0.1) is 0 Å². The lowest BCUT2D eigenvalue weighted by molar-refractivity contribution is -0.129. The summed E-state index contributed by atoms with van der Waals surface area (Å²) in [6.07, 6.45) is 9.12. The van der Waals surface area contributed by atoms with Crippen LogP contribution in [0.1, 0.15) is 41.4 Å². The minimum absolute atomic E-state index is 0.0951. The zero-order valence-corrected chi connectivity index (χ0v) is 13.4. The Morgan fingerprint density at radius 3 is 2.83 bits per heavy atom. The van der Waals surface area contributed by atoms with Crippen molar-refractivity contribution in [2.75, 3.05) is 0 Å². The van der Waals surface area contributed by atoms with Crippen molar-refractivity contribution in [3.8, 4) is 0 Å². The second-order valence-electron chi connectivity index (χ2n) is 6.47. The van der Waals surface area contributed by atoms with Crippen LogP contribution < -0.4 is 5.32 Å². The second kappa shape index (κ2) is 5.74. The SMILES string of the molecule is Cn1cnc(C(=O)N[C@@H]2CC(=O)N(C3CC3)[C@H]2c2cccnc2)c1. The fourth-order valence-electron chi connectivity index (χ4n) is 3.38. The van der Waals surface area contributed by atoms with Gasteiger partial charge in [0.2, 0.25) is 5.91 Å². The predicted molar refractivity (Wildman–Crippen MR) is 85.9 cm³/mol. The molecule has 2 aromatic rings. The lowest BCUT2D eigenvalue weighted by atomic mass is 10.0. The van der Waals surface area contributed by atoms with Crippen molar-refractivity contribution >= 4 is 11.8 Å². The molecular formula is C17H19N5O2. The molecule has 7 nitrogen and oxygen atoms in total. The van der Waals surface area contributed by atoms with Crippen LogP contribution in [0.15, 0.2) is 37.1 Å². The molecule has 0 unspecified atom stereocenters. The number of carbonyl (C=O) groups is 2. The van der Waals surface area contributed by atoms with Gasteiger partial charge in [0.05, 0.1) is 18.4 Å². The molecule has 7 heteroatoms. The first-order chi connectivity index (χ1) is 11.6. The summed E-state index contributed by atoms with van der Waals surface area (Å²) in [5.41, 5.74) is 1.32. The van der Waals surface area contributed by atoms with Crippen LogP contribution in [0.3, 0.4) is 0 Å². The van der Waals surface area contributed by atoms with Gasteiger partial charge in [-0.1, -0.05) is 6.07 Å². The van der Waals surface area contributed by atoms with Gasteiger partial charge in [-0.05, 0) is 24.5 Å². The van der Waals surface area contributed by atoms with E-state index in [4.69, 9.17) is 0 Å². The zero-order valence-electron chi connectivity index (χ0n) is 13.4. The maximum Gasteiger partial charge on any atom is 0.271 e. The van der Waals surface area contributed by atoms with Crippen LogP contribution >= 0.6 is 0 Å². The molecule has 24 heavy (non-hydrogen) atoms. The van der Waals surface area contributed by atoms with E-state index in [9.17, 15) is 9.59 Å². The van der Waals surface area contributed by atoms with Crippen molar-refractivity contribution in [2.45, 2.75) is 37.4 Å². The van der Waals surface area contributed by atoms with Crippen molar-refractivity contribution in [2.24, 2.45) is 7.05 Å². The molecule has 0 spiro atoms. The third kappa shape index (κ3) is 2.66. The average molecular weight is 325 g/mol. The van der Waals surface area contributed by atoms with Crippen LogP contribution in [0, 0.1) is 0 Å². The van der Waals surface area contributed by atoms with E-state index in [-0.39, 0.29) is 23.9 Å². The molecule has 1 N–H and O–H groups in total. The summed E-state index contributed by atoms with van der Waals surface area (Å²) in [6, 6.07) is 3.69. The highest BCUT2D eigenvalue weighted by Gasteiger charge is 2.47. The highest BCUT2D eigenvalue weighted by atomic mass is 16.2. The van der Waals surface area contributed by atoms with Gasteiger partial charge in [-0.3, -0.25) is 14.6 Å². The molecule has 0 aromatic carbocycles. The van der Waals surface area contributed by atoms with Gasteiger partial charge in [0.1, 0.15) is 5.69 Å². The summed E-state index contributed by atoms with van der Waals surface area (Å²) in [5.74, 6) is -0.155. The highest BCUT2D eigenvalue weighted by Crippen LogP contribution is 2.41.